The fourth-order valence-electron chi connectivity index (χ4n) is 2.41. The first-order chi connectivity index (χ1) is 12.3. The average Bonchev–Trinajstić information content (AvgIpc) is 2.62. The van der Waals surface area contributed by atoms with E-state index in [2.05, 4.69) is 10.8 Å². The van der Waals surface area contributed by atoms with Crippen LogP contribution in [0.4, 0.5) is 0 Å². The van der Waals surface area contributed by atoms with Crippen molar-refractivity contribution in [2.24, 2.45) is 0 Å². The van der Waals surface area contributed by atoms with Crippen LogP contribution in [-0.2, 0) is 15.3 Å². The SMILES string of the molecule is COC(=O)/C(C#N)=C/c1cc(C)cc(CSc2cc(Cl)ccc2Cl)c1C. The Labute approximate surface area is 167 Å². The van der Waals surface area contributed by atoms with Gasteiger partial charge in [-0.05, 0) is 54.8 Å². The monoisotopic (exact) mass is 405 g/mol. The standard InChI is InChI=1S/C20H17Cl2NO2S/c1-12-6-14(8-15(10-23)20(24)25-3)13(2)16(7-12)11-26-19-9-17(21)4-5-18(19)22/h4-9H,11H2,1-3H3/b15-8+. The molecule has 0 aliphatic heterocycles. The van der Waals surface area contributed by atoms with Gasteiger partial charge < -0.3 is 4.74 Å². The zero-order chi connectivity index (χ0) is 19.3. The molecule has 0 fully saturated rings. The van der Waals surface area contributed by atoms with Gasteiger partial charge in [-0.2, -0.15) is 5.26 Å². The number of nitriles is 1. The molecule has 2 aromatic carbocycles. The predicted octanol–water partition coefficient (Wildman–Crippen LogP) is 5.98. The van der Waals surface area contributed by atoms with E-state index < -0.39 is 5.97 Å². The number of carbonyl (C=O) groups is 1. The Morgan fingerprint density at radius 1 is 1.27 bits per heavy atom. The maximum atomic E-state index is 11.7. The second kappa shape index (κ2) is 9.14. The number of hydrogen-bond donors (Lipinski definition) is 0. The lowest BCUT2D eigenvalue weighted by molar-refractivity contribution is -0.135. The summed E-state index contributed by atoms with van der Waals surface area (Å²) in [5, 5.41) is 10.5. The van der Waals surface area contributed by atoms with E-state index in [1.807, 2.05) is 32.0 Å². The van der Waals surface area contributed by atoms with Crippen molar-refractivity contribution in [3.8, 4) is 6.07 Å². The molecule has 0 saturated carbocycles. The molecule has 0 spiro atoms. The normalized spacial score (nSPS) is 11.2. The topological polar surface area (TPSA) is 50.1 Å². The molecule has 0 radical (unpaired) electrons. The summed E-state index contributed by atoms with van der Waals surface area (Å²) in [5.74, 6) is 0.0455. The summed E-state index contributed by atoms with van der Waals surface area (Å²) in [6, 6.07) is 11.3. The van der Waals surface area contributed by atoms with Gasteiger partial charge in [-0.3, -0.25) is 0 Å². The Hall–Kier alpha value is -1.93. The van der Waals surface area contributed by atoms with Gasteiger partial charge in [-0.1, -0.05) is 40.9 Å². The van der Waals surface area contributed by atoms with Gasteiger partial charge in [-0.25, -0.2) is 4.79 Å². The highest BCUT2D eigenvalue weighted by atomic mass is 35.5. The molecule has 0 saturated heterocycles. The number of carbonyl (C=O) groups excluding carboxylic acids is 1. The average molecular weight is 406 g/mol. The lowest BCUT2D eigenvalue weighted by atomic mass is 9.98. The van der Waals surface area contributed by atoms with Crippen LogP contribution < -0.4 is 0 Å². The number of methoxy groups -OCH3 is 1. The first-order valence-corrected chi connectivity index (χ1v) is 9.48. The van der Waals surface area contributed by atoms with E-state index >= 15 is 0 Å². The van der Waals surface area contributed by atoms with Crippen LogP contribution in [0, 0.1) is 25.2 Å². The minimum atomic E-state index is -0.643. The number of ether oxygens (including phenoxy) is 1. The van der Waals surface area contributed by atoms with Crippen LogP contribution in [0.2, 0.25) is 10.0 Å². The van der Waals surface area contributed by atoms with Crippen LogP contribution in [-0.4, -0.2) is 13.1 Å². The van der Waals surface area contributed by atoms with Crippen LogP contribution in [0.15, 0.2) is 40.8 Å². The van der Waals surface area contributed by atoms with Crippen molar-refractivity contribution < 1.29 is 9.53 Å². The molecule has 6 heteroatoms. The molecule has 134 valence electrons. The third kappa shape index (κ3) is 5.04. The maximum Gasteiger partial charge on any atom is 0.348 e. The summed E-state index contributed by atoms with van der Waals surface area (Å²) in [6.07, 6.45) is 1.56. The Kier molecular flexibility index (Phi) is 7.16. The summed E-state index contributed by atoms with van der Waals surface area (Å²) in [6.45, 7) is 3.94. The molecule has 0 amide bonds. The van der Waals surface area contributed by atoms with Crippen molar-refractivity contribution >= 4 is 47.0 Å². The van der Waals surface area contributed by atoms with Crippen LogP contribution in [0.3, 0.4) is 0 Å². The molecule has 0 unspecified atom stereocenters. The van der Waals surface area contributed by atoms with Crippen LogP contribution in [0.5, 0.6) is 0 Å². The summed E-state index contributed by atoms with van der Waals surface area (Å²) >= 11 is 13.9. The lowest BCUT2D eigenvalue weighted by Crippen LogP contribution is -2.03. The van der Waals surface area contributed by atoms with Gasteiger partial charge in [0.25, 0.3) is 0 Å². The summed E-state index contributed by atoms with van der Waals surface area (Å²) in [4.78, 5) is 12.6. The molecule has 2 rings (SSSR count). The van der Waals surface area contributed by atoms with Crippen molar-refractivity contribution in [3.05, 3.63) is 68.2 Å². The molecule has 0 heterocycles. The van der Waals surface area contributed by atoms with Gasteiger partial charge in [0, 0.05) is 15.7 Å². The molecule has 0 N–H and O–H groups in total. The van der Waals surface area contributed by atoms with Gasteiger partial charge in [0.2, 0.25) is 0 Å². The fraction of sp³-hybridized carbons (Fsp3) is 0.200. The smallest absolute Gasteiger partial charge is 0.348 e. The van der Waals surface area contributed by atoms with E-state index in [1.54, 1.807) is 30.0 Å². The van der Waals surface area contributed by atoms with Crippen molar-refractivity contribution in [2.75, 3.05) is 7.11 Å². The molecule has 0 aliphatic rings. The van der Waals surface area contributed by atoms with Crippen LogP contribution in [0.1, 0.15) is 22.3 Å². The molecular formula is C20H17Cl2NO2S. The quantitative estimate of drug-likeness (QED) is 0.265. The third-order valence-electron chi connectivity index (χ3n) is 3.80. The molecule has 26 heavy (non-hydrogen) atoms. The second-order valence-corrected chi connectivity index (χ2v) is 7.52. The number of halogens is 2. The van der Waals surface area contributed by atoms with E-state index in [0.29, 0.717) is 15.8 Å². The maximum absolute atomic E-state index is 11.7. The number of esters is 1. The van der Waals surface area contributed by atoms with Gasteiger partial charge in [0.15, 0.2) is 0 Å². The molecule has 0 aliphatic carbocycles. The number of aryl methyl sites for hydroxylation is 1. The lowest BCUT2D eigenvalue weighted by Gasteiger charge is -2.12. The molecule has 0 bridgehead atoms. The van der Waals surface area contributed by atoms with Gasteiger partial charge in [0.1, 0.15) is 11.6 Å². The Bertz CT molecular complexity index is 917. The number of hydrogen-bond acceptors (Lipinski definition) is 4. The van der Waals surface area contributed by atoms with Crippen molar-refractivity contribution in [2.45, 2.75) is 24.5 Å². The number of thioether (sulfide) groups is 1. The Morgan fingerprint density at radius 3 is 2.65 bits per heavy atom. The van der Waals surface area contributed by atoms with Gasteiger partial charge in [0.05, 0.1) is 12.1 Å². The van der Waals surface area contributed by atoms with Crippen molar-refractivity contribution in [1.82, 2.24) is 0 Å². The highest BCUT2D eigenvalue weighted by Gasteiger charge is 2.12. The summed E-state index contributed by atoms with van der Waals surface area (Å²) in [5.41, 5.74) is 3.92. The molecule has 0 aromatic heterocycles. The Morgan fingerprint density at radius 2 is 2.00 bits per heavy atom. The predicted molar refractivity (Wildman–Crippen MR) is 108 cm³/mol. The molecular weight excluding hydrogens is 389 g/mol. The molecule has 3 nitrogen and oxygen atoms in total. The molecule has 2 aromatic rings. The first kappa shape index (κ1) is 20.4. The number of benzene rings is 2. The summed E-state index contributed by atoms with van der Waals surface area (Å²) in [7, 11) is 1.26. The van der Waals surface area contributed by atoms with Crippen molar-refractivity contribution in [3.63, 3.8) is 0 Å². The first-order valence-electron chi connectivity index (χ1n) is 7.73. The van der Waals surface area contributed by atoms with Gasteiger partial charge in [-0.15, -0.1) is 11.8 Å². The van der Waals surface area contributed by atoms with E-state index in [1.165, 1.54) is 7.11 Å². The zero-order valence-corrected chi connectivity index (χ0v) is 16.9. The van der Waals surface area contributed by atoms with E-state index in [-0.39, 0.29) is 5.57 Å². The number of rotatable bonds is 5. The minimum absolute atomic E-state index is 0.0299. The summed E-state index contributed by atoms with van der Waals surface area (Å²) < 4.78 is 4.64. The van der Waals surface area contributed by atoms with Crippen molar-refractivity contribution in [1.29, 1.82) is 5.26 Å². The highest BCUT2D eigenvalue weighted by molar-refractivity contribution is 7.98. The number of nitrogens with zero attached hydrogens (tertiary/aromatic N) is 1. The Balaban J connectivity index is 2.35. The van der Waals surface area contributed by atoms with Crippen LogP contribution >= 0.6 is 35.0 Å². The zero-order valence-electron chi connectivity index (χ0n) is 14.6. The minimum Gasteiger partial charge on any atom is -0.465 e. The van der Waals surface area contributed by atoms with E-state index in [4.69, 9.17) is 23.2 Å². The van der Waals surface area contributed by atoms with E-state index in [0.717, 1.165) is 27.1 Å². The highest BCUT2D eigenvalue weighted by Crippen LogP contribution is 2.33. The third-order valence-corrected chi connectivity index (χ3v) is 5.58. The fourth-order valence-corrected chi connectivity index (χ4v) is 3.95. The largest absolute Gasteiger partial charge is 0.465 e. The molecule has 0 atom stereocenters. The van der Waals surface area contributed by atoms with E-state index in [9.17, 15) is 10.1 Å². The second-order valence-electron chi connectivity index (χ2n) is 5.66. The van der Waals surface area contributed by atoms with Gasteiger partial charge >= 0.3 is 5.97 Å². The van der Waals surface area contributed by atoms with Crippen LogP contribution in [0.25, 0.3) is 6.08 Å².